The summed E-state index contributed by atoms with van der Waals surface area (Å²) in [5.74, 6) is -0.215. The smallest absolute Gasteiger partial charge is 0.265 e. The van der Waals surface area contributed by atoms with Crippen molar-refractivity contribution in [3.63, 3.8) is 0 Å². The number of nitriles is 1. The Hall–Kier alpha value is -3.04. The van der Waals surface area contributed by atoms with E-state index in [1.807, 2.05) is 6.07 Å². The summed E-state index contributed by atoms with van der Waals surface area (Å²) in [6.07, 6.45) is -0.826. The highest BCUT2D eigenvalue weighted by Crippen LogP contribution is 2.24. The first-order valence-corrected chi connectivity index (χ1v) is 8.18. The van der Waals surface area contributed by atoms with Crippen molar-refractivity contribution >= 4 is 29.1 Å². The second kappa shape index (κ2) is 8.37. The Morgan fingerprint density at radius 1 is 1.23 bits per heavy atom. The van der Waals surface area contributed by atoms with Crippen LogP contribution in [-0.4, -0.2) is 36.9 Å². The van der Waals surface area contributed by atoms with Crippen LogP contribution in [0.3, 0.4) is 0 Å². The monoisotopic (exact) mass is 371 g/mol. The Morgan fingerprint density at radius 2 is 1.96 bits per heavy atom. The second-order valence-corrected chi connectivity index (χ2v) is 6.19. The summed E-state index contributed by atoms with van der Waals surface area (Å²) in [5.41, 5.74) is 1.17. The first-order valence-electron chi connectivity index (χ1n) is 7.80. The zero-order valence-electron chi connectivity index (χ0n) is 14.6. The van der Waals surface area contributed by atoms with Crippen molar-refractivity contribution in [2.45, 2.75) is 13.0 Å². The SMILES string of the molecule is CC(Oc1cccc(C#N)c1)C(=O)Nc1cc(C(=O)N(C)C)ccc1Cl. The largest absolute Gasteiger partial charge is 0.481 e. The van der Waals surface area contributed by atoms with Gasteiger partial charge in [0.15, 0.2) is 6.10 Å². The predicted octanol–water partition coefficient (Wildman–Crippen LogP) is 3.32. The molecular formula is C19H18ClN3O3. The number of carbonyl (C=O) groups is 2. The molecule has 0 aliphatic heterocycles. The molecule has 2 aromatic rings. The minimum Gasteiger partial charge on any atom is -0.481 e. The molecule has 134 valence electrons. The summed E-state index contributed by atoms with van der Waals surface area (Å²) in [6.45, 7) is 1.58. The van der Waals surface area contributed by atoms with Gasteiger partial charge in [0.25, 0.3) is 11.8 Å². The number of amides is 2. The summed E-state index contributed by atoms with van der Waals surface area (Å²) < 4.78 is 5.57. The molecule has 2 amide bonds. The van der Waals surface area contributed by atoms with Gasteiger partial charge in [-0.15, -0.1) is 0 Å². The molecule has 2 rings (SSSR count). The average molecular weight is 372 g/mol. The number of hydrogen-bond donors (Lipinski definition) is 1. The first-order chi connectivity index (χ1) is 12.3. The van der Waals surface area contributed by atoms with Crippen LogP contribution < -0.4 is 10.1 Å². The Bertz CT molecular complexity index is 875. The maximum atomic E-state index is 12.4. The molecule has 0 bridgehead atoms. The van der Waals surface area contributed by atoms with Crippen LogP contribution in [0, 0.1) is 11.3 Å². The lowest BCUT2D eigenvalue weighted by atomic mass is 10.1. The molecule has 0 aliphatic rings. The number of benzene rings is 2. The molecular weight excluding hydrogens is 354 g/mol. The highest BCUT2D eigenvalue weighted by molar-refractivity contribution is 6.34. The van der Waals surface area contributed by atoms with Crippen molar-refractivity contribution in [3.05, 3.63) is 58.6 Å². The van der Waals surface area contributed by atoms with Gasteiger partial charge in [-0.25, -0.2) is 0 Å². The number of nitrogens with one attached hydrogen (secondary N) is 1. The van der Waals surface area contributed by atoms with E-state index in [1.54, 1.807) is 57.4 Å². The van der Waals surface area contributed by atoms with E-state index >= 15 is 0 Å². The fourth-order valence-corrected chi connectivity index (χ4v) is 2.31. The van der Waals surface area contributed by atoms with E-state index in [1.165, 1.54) is 11.0 Å². The zero-order valence-corrected chi connectivity index (χ0v) is 15.4. The molecule has 0 aliphatic carbocycles. The number of anilines is 1. The van der Waals surface area contributed by atoms with Crippen LogP contribution in [0.1, 0.15) is 22.8 Å². The number of nitrogens with zero attached hydrogens (tertiary/aromatic N) is 2. The first kappa shape index (κ1) is 19.3. The normalized spacial score (nSPS) is 11.2. The van der Waals surface area contributed by atoms with Crippen LogP contribution in [0.15, 0.2) is 42.5 Å². The Balaban J connectivity index is 2.12. The topological polar surface area (TPSA) is 82.4 Å². The molecule has 0 heterocycles. The fourth-order valence-electron chi connectivity index (χ4n) is 2.14. The zero-order chi connectivity index (χ0) is 19.3. The van der Waals surface area contributed by atoms with E-state index in [0.717, 1.165) is 0 Å². The Morgan fingerprint density at radius 3 is 2.62 bits per heavy atom. The van der Waals surface area contributed by atoms with Crippen molar-refractivity contribution in [2.24, 2.45) is 0 Å². The van der Waals surface area contributed by atoms with E-state index in [-0.39, 0.29) is 5.91 Å². The van der Waals surface area contributed by atoms with Gasteiger partial charge in [-0.05, 0) is 43.3 Å². The van der Waals surface area contributed by atoms with E-state index in [0.29, 0.717) is 27.6 Å². The molecule has 0 saturated heterocycles. The van der Waals surface area contributed by atoms with Crippen molar-refractivity contribution < 1.29 is 14.3 Å². The number of hydrogen-bond acceptors (Lipinski definition) is 4. The van der Waals surface area contributed by atoms with Crippen molar-refractivity contribution in [1.29, 1.82) is 5.26 Å². The minimum atomic E-state index is -0.826. The van der Waals surface area contributed by atoms with Gasteiger partial charge in [0.05, 0.1) is 22.3 Å². The third-order valence-corrected chi connectivity index (χ3v) is 3.85. The van der Waals surface area contributed by atoms with Crippen LogP contribution in [0.2, 0.25) is 5.02 Å². The molecule has 0 fully saturated rings. The van der Waals surface area contributed by atoms with Crippen molar-refractivity contribution in [2.75, 3.05) is 19.4 Å². The van der Waals surface area contributed by atoms with Gasteiger partial charge in [0, 0.05) is 19.7 Å². The molecule has 6 nitrogen and oxygen atoms in total. The quantitative estimate of drug-likeness (QED) is 0.874. The van der Waals surface area contributed by atoms with E-state index in [2.05, 4.69) is 5.32 Å². The highest BCUT2D eigenvalue weighted by Gasteiger charge is 2.18. The van der Waals surface area contributed by atoms with E-state index in [9.17, 15) is 9.59 Å². The average Bonchev–Trinajstić information content (AvgIpc) is 2.62. The van der Waals surface area contributed by atoms with Gasteiger partial charge >= 0.3 is 0 Å². The maximum Gasteiger partial charge on any atom is 0.265 e. The summed E-state index contributed by atoms with van der Waals surface area (Å²) in [6, 6.07) is 13.2. The second-order valence-electron chi connectivity index (χ2n) is 5.78. The lowest BCUT2D eigenvalue weighted by Crippen LogP contribution is -2.30. The summed E-state index contributed by atoms with van der Waals surface area (Å²) >= 11 is 6.11. The van der Waals surface area contributed by atoms with Gasteiger partial charge in [-0.3, -0.25) is 9.59 Å². The molecule has 0 spiro atoms. The minimum absolute atomic E-state index is 0.199. The standard InChI is InChI=1S/C19H18ClN3O3/c1-12(26-15-6-4-5-13(9-15)11-21)18(24)22-17-10-14(7-8-16(17)20)19(25)23(2)3/h4-10,12H,1-3H3,(H,22,24). The number of ether oxygens (including phenoxy) is 1. The summed E-state index contributed by atoms with van der Waals surface area (Å²) in [7, 11) is 3.28. The van der Waals surface area contributed by atoms with E-state index < -0.39 is 12.0 Å². The third kappa shape index (κ3) is 4.74. The van der Waals surface area contributed by atoms with Gasteiger partial charge in [0.1, 0.15) is 5.75 Å². The van der Waals surface area contributed by atoms with Crippen molar-refractivity contribution in [1.82, 2.24) is 4.90 Å². The van der Waals surface area contributed by atoms with Crippen LogP contribution >= 0.6 is 11.6 Å². The van der Waals surface area contributed by atoms with Gasteiger partial charge in [-0.1, -0.05) is 17.7 Å². The third-order valence-electron chi connectivity index (χ3n) is 3.52. The highest BCUT2D eigenvalue weighted by atomic mass is 35.5. The maximum absolute atomic E-state index is 12.4. The lowest BCUT2D eigenvalue weighted by molar-refractivity contribution is -0.122. The Labute approximate surface area is 156 Å². The van der Waals surface area contributed by atoms with Crippen molar-refractivity contribution in [3.8, 4) is 11.8 Å². The molecule has 2 aromatic carbocycles. The number of rotatable bonds is 5. The van der Waals surface area contributed by atoms with E-state index in [4.69, 9.17) is 21.6 Å². The molecule has 26 heavy (non-hydrogen) atoms. The van der Waals surface area contributed by atoms with Gasteiger partial charge in [-0.2, -0.15) is 5.26 Å². The molecule has 1 N–H and O–H groups in total. The van der Waals surface area contributed by atoms with Crippen LogP contribution in [0.5, 0.6) is 5.75 Å². The number of halogens is 1. The predicted molar refractivity (Wildman–Crippen MR) is 99.3 cm³/mol. The molecule has 1 unspecified atom stereocenters. The van der Waals surface area contributed by atoms with Crippen LogP contribution in [0.4, 0.5) is 5.69 Å². The molecule has 0 radical (unpaired) electrons. The number of carbonyl (C=O) groups excluding carboxylic acids is 2. The fraction of sp³-hybridized carbons (Fsp3) is 0.211. The summed E-state index contributed by atoms with van der Waals surface area (Å²) in [5, 5.41) is 11.9. The Kier molecular flexibility index (Phi) is 6.21. The lowest BCUT2D eigenvalue weighted by Gasteiger charge is -2.16. The summed E-state index contributed by atoms with van der Waals surface area (Å²) in [4.78, 5) is 25.9. The van der Waals surface area contributed by atoms with Crippen LogP contribution in [-0.2, 0) is 4.79 Å². The molecule has 0 saturated carbocycles. The molecule has 7 heteroatoms. The molecule has 0 aromatic heterocycles. The van der Waals surface area contributed by atoms with Crippen LogP contribution in [0.25, 0.3) is 0 Å². The molecule has 1 atom stereocenters. The van der Waals surface area contributed by atoms with Gasteiger partial charge < -0.3 is 15.0 Å². The van der Waals surface area contributed by atoms with Gasteiger partial charge in [0.2, 0.25) is 0 Å².